The Morgan fingerprint density at radius 3 is 2.23 bits per heavy atom. The Kier molecular flexibility index (Phi) is 10.6. The Morgan fingerprint density at radius 2 is 1.66 bits per heavy atom. The number of rotatable bonds is 12. The number of halogens is 1. The molecule has 0 aliphatic heterocycles. The van der Waals surface area contributed by atoms with E-state index in [1.54, 1.807) is 43.3 Å². The van der Waals surface area contributed by atoms with Crippen molar-refractivity contribution in [2.45, 2.75) is 59.0 Å². The zero-order valence-electron chi connectivity index (χ0n) is 21.1. The van der Waals surface area contributed by atoms with E-state index >= 15 is 0 Å². The first-order chi connectivity index (χ1) is 16.5. The largest absolute Gasteiger partial charge is 0.354 e. The maximum Gasteiger partial charge on any atom is 0.244 e. The van der Waals surface area contributed by atoms with Gasteiger partial charge in [-0.1, -0.05) is 69.1 Å². The highest BCUT2D eigenvalue weighted by molar-refractivity contribution is 7.92. The van der Waals surface area contributed by atoms with Crippen molar-refractivity contribution in [1.82, 2.24) is 10.2 Å². The van der Waals surface area contributed by atoms with Gasteiger partial charge < -0.3 is 10.2 Å². The number of sulfonamides is 1. The first-order valence-electron chi connectivity index (χ1n) is 11.8. The van der Waals surface area contributed by atoms with Gasteiger partial charge in [0.25, 0.3) is 0 Å². The topological polar surface area (TPSA) is 86.8 Å². The average molecular weight is 522 g/mol. The minimum absolute atomic E-state index is 0.0546. The van der Waals surface area contributed by atoms with Crippen LogP contribution in [0.1, 0.15) is 57.6 Å². The number of benzene rings is 2. The van der Waals surface area contributed by atoms with Crippen molar-refractivity contribution in [3.05, 3.63) is 64.7 Å². The Balaban J connectivity index is 2.40. The normalized spacial score (nSPS) is 12.3. The van der Waals surface area contributed by atoms with E-state index in [1.807, 2.05) is 32.9 Å². The molecule has 35 heavy (non-hydrogen) atoms. The summed E-state index contributed by atoms with van der Waals surface area (Å²) in [5, 5.41) is 3.43. The summed E-state index contributed by atoms with van der Waals surface area (Å²) in [7, 11) is -3.78. The summed E-state index contributed by atoms with van der Waals surface area (Å²) in [6, 6.07) is 13.4. The zero-order chi connectivity index (χ0) is 26.2. The van der Waals surface area contributed by atoms with E-state index in [1.165, 1.54) is 4.90 Å². The molecule has 7 nitrogen and oxygen atoms in total. The second kappa shape index (κ2) is 12.9. The average Bonchev–Trinajstić information content (AvgIpc) is 2.80. The van der Waals surface area contributed by atoms with Crippen LogP contribution in [-0.4, -0.2) is 50.5 Å². The molecular formula is C26H36ClN3O4S. The number of hydrogen-bond acceptors (Lipinski definition) is 4. The van der Waals surface area contributed by atoms with E-state index in [0.29, 0.717) is 17.3 Å². The molecule has 0 saturated carbocycles. The van der Waals surface area contributed by atoms with Gasteiger partial charge >= 0.3 is 0 Å². The molecule has 192 valence electrons. The van der Waals surface area contributed by atoms with Crippen molar-refractivity contribution < 1.29 is 18.0 Å². The van der Waals surface area contributed by atoms with Gasteiger partial charge in [-0.25, -0.2) is 8.42 Å². The lowest BCUT2D eigenvalue weighted by atomic mass is 10.0. The van der Waals surface area contributed by atoms with Crippen molar-refractivity contribution in [2.24, 2.45) is 0 Å². The van der Waals surface area contributed by atoms with Crippen LogP contribution in [0.2, 0.25) is 5.02 Å². The lowest BCUT2D eigenvalue weighted by molar-refractivity contribution is -0.139. The lowest BCUT2D eigenvalue weighted by Gasteiger charge is -2.32. The van der Waals surface area contributed by atoms with Crippen molar-refractivity contribution in [3.63, 3.8) is 0 Å². The van der Waals surface area contributed by atoms with E-state index < -0.39 is 28.5 Å². The first kappa shape index (κ1) is 28.7. The Morgan fingerprint density at radius 1 is 1.03 bits per heavy atom. The molecule has 2 aromatic rings. The molecule has 1 unspecified atom stereocenters. The van der Waals surface area contributed by atoms with E-state index in [-0.39, 0.29) is 18.4 Å². The van der Waals surface area contributed by atoms with Crippen LogP contribution in [-0.2, 0) is 26.2 Å². The highest BCUT2D eigenvalue weighted by Crippen LogP contribution is 2.29. The Labute approximate surface area is 214 Å². The van der Waals surface area contributed by atoms with Crippen molar-refractivity contribution in [3.8, 4) is 0 Å². The fourth-order valence-electron chi connectivity index (χ4n) is 3.70. The fourth-order valence-corrected chi connectivity index (χ4v) is 4.70. The van der Waals surface area contributed by atoms with Gasteiger partial charge in [-0.2, -0.15) is 0 Å². The van der Waals surface area contributed by atoms with Crippen LogP contribution in [0.3, 0.4) is 0 Å². The molecule has 9 heteroatoms. The maximum absolute atomic E-state index is 13.6. The minimum atomic E-state index is -3.78. The molecule has 0 radical (unpaired) electrons. The van der Waals surface area contributed by atoms with Gasteiger partial charge in [0.2, 0.25) is 21.8 Å². The quantitative estimate of drug-likeness (QED) is 0.415. The number of amides is 2. The Hall–Kier alpha value is -2.58. The number of nitrogens with one attached hydrogen (secondary N) is 1. The molecule has 2 rings (SSSR count). The van der Waals surface area contributed by atoms with Crippen molar-refractivity contribution >= 4 is 39.1 Å². The summed E-state index contributed by atoms with van der Waals surface area (Å²) in [4.78, 5) is 27.9. The number of hydrogen-bond donors (Lipinski definition) is 1. The summed E-state index contributed by atoms with van der Waals surface area (Å²) in [6.07, 6.45) is 2.85. The third-order valence-electron chi connectivity index (χ3n) is 5.77. The van der Waals surface area contributed by atoms with E-state index in [4.69, 9.17) is 11.6 Å². The second-order valence-corrected chi connectivity index (χ2v) is 11.3. The van der Waals surface area contributed by atoms with Crippen molar-refractivity contribution in [2.75, 3.05) is 23.7 Å². The third kappa shape index (κ3) is 8.25. The number of nitrogens with zero attached hydrogens (tertiary/aromatic N) is 2. The van der Waals surface area contributed by atoms with Gasteiger partial charge in [0, 0.05) is 18.1 Å². The standard InChI is InChI=1S/C26H36ClN3O4S/c1-6-7-16-28-26(32)20(4)29(17-21-12-14-22(27)15-13-21)25(31)18-30(35(5,33)34)24-11-9-8-10-23(24)19(2)3/h8-15,19-20H,6-7,16-18H2,1-5H3,(H,28,32). The predicted octanol–water partition coefficient (Wildman–Crippen LogP) is 4.56. The molecule has 0 spiro atoms. The third-order valence-corrected chi connectivity index (χ3v) is 7.15. The summed E-state index contributed by atoms with van der Waals surface area (Å²) in [6.45, 7) is 7.86. The predicted molar refractivity (Wildman–Crippen MR) is 142 cm³/mol. The molecule has 0 aromatic heterocycles. The van der Waals surface area contributed by atoms with Crippen molar-refractivity contribution in [1.29, 1.82) is 0 Å². The van der Waals surface area contributed by atoms with Crippen LogP contribution in [0.5, 0.6) is 0 Å². The highest BCUT2D eigenvalue weighted by Gasteiger charge is 2.31. The molecule has 1 N–H and O–H groups in total. The summed E-state index contributed by atoms with van der Waals surface area (Å²) in [5.74, 6) is -0.699. The minimum Gasteiger partial charge on any atom is -0.354 e. The Bertz CT molecular complexity index is 1100. The van der Waals surface area contributed by atoms with Crippen LogP contribution in [0, 0.1) is 0 Å². The van der Waals surface area contributed by atoms with Gasteiger partial charge in [0.1, 0.15) is 12.6 Å². The van der Waals surface area contributed by atoms with Crippen LogP contribution in [0.15, 0.2) is 48.5 Å². The van der Waals surface area contributed by atoms with Crippen LogP contribution >= 0.6 is 11.6 Å². The lowest BCUT2D eigenvalue weighted by Crippen LogP contribution is -2.51. The van der Waals surface area contributed by atoms with Gasteiger partial charge in [0.05, 0.1) is 11.9 Å². The van der Waals surface area contributed by atoms with E-state index in [9.17, 15) is 18.0 Å². The summed E-state index contributed by atoms with van der Waals surface area (Å²) < 4.78 is 26.7. The van der Waals surface area contributed by atoms with Gasteiger partial charge in [-0.3, -0.25) is 13.9 Å². The molecule has 0 fully saturated rings. The maximum atomic E-state index is 13.6. The second-order valence-electron chi connectivity index (χ2n) is 8.95. The number of para-hydroxylation sites is 1. The molecule has 2 amide bonds. The zero-order valence-corrected chi connectivity index (χ0v) is 22.7. The molecule has 2 aromatic carbocycles. The number of carbonyl (C=O) groups excluding carboxylic acids is 2. The van der Waals surface area contributed by atoms with Gasteiger partial charge in [-0.05, 0) is 48.6 Å². The van der Waals surface area contributed by atoms with Crippen LogP contribution in [0.4, 0.5) is 5.69 Å². The van der Waals surface area contributed by atoms with Crippen LogP contribution in [0.25, 0.3) is 0 Å². The SMILES string of the molecule is CCCCNC(=O)C(C)N(Cc1ccc(Cl)cc1)C(=O)CN(c1ccccc1C(C)C)S(C)(=O)=O. The van der Waals surface area contributed by atoms with Gasteiger partial charge in [-0.15, -0.1) is 0 Å². The number of unbranched alkanes of at least 4 members (excludes halogenated alkanes) is 1. The molecule has 0 saturated heterocycles. The highest BCUT2D eigenvalue weighted by atomic mass is 35.5. The summed E-state index contributed by atoms with van der Waals surface area (Å²) in [5.41, 5.74) is 2.06. The monoisotopic (exact) mass is 521 g/mol. The number of carbonyl (C=O) groups is 2. The molecule has 0 aliphatic carbocycles. The van der Waals surface area contributed by atoms with Gasteiger partial charge in [0.15, 0.2) is 0 Å². The molecule has 0 bridgehead atoms. The van der Waals surface area contributed by atoms with E-state index in [0.717, 1.165) is 34.5 Å². The fraction of sp³-hybridized carbons (Fsp3) is 0.462. The smallest absolute Gasteiger partial charge is 0.244 e. The molecule has 0 aliphatic rings. The summed E-state index contributed by atoms with van der Waals surface area (Å²) >= 11 is 6.00. The molecule has 0 heterocycles. The molecule has 1 atom stereocenters. The first-order valence-corrected chi connectivity index (χ1v) is 14.1. The molecular weight excluding hydrogens is 486 g/mol. The van der Waals surface area contributed by atoms with E-state index in [2.05, 4.69) is 5.32 Å². The number of anilines is 1. The van der Waals surface area contributed by atoms with Crippen LogP contribution < -0.4 is 9.62 Å².